The molecule has 0 spiro atoms. The van der Waals surface area contributed by atoms with Crippen LogP contribution in [0.25, 0.3) is 0 Å². The molecule has 0 bridgehead atoms. The standard InChI is InChI=1S/C15H14BrN3/c1-12-10-15(18-11-14(12)16)19(9-5-8-17)13-6-3-2-4-7-13/h2-4,6-7,10-11H,5,9H2,1H3. The smallest absolute Gasteiger partial charge is 0.133 e. The first kappa shape index (κ1) is 13.6. The zero-order chi connectivity index (χ0) is 13.7. The van der Waals surface area contributed by atoms with Crippen molar-refractivity contribution in [2.75, 3.05) is 11.4 Å². The Morgan fingerprint density at radius 1 is 1.32 bits per heavy atom. The molecule has 1 aromatic heterocycles. The van der Waals surface area contributed by atoms with E-state index in [0.29, 0.717) is 13.0 Å². The predicted octanol–water partition coefficient (Wildman–Crippen LogP) is 4.20. The number of nitrogens with zero attached hydrogens (tertiary/aromatic N) is 3. The number of aryl methyl sites for hydroxylation is 1. The fourth-order valence-corrected chi connectivity index (χ4v) is 2.03. The van der Waals surface area contributed by atoms with Crippen LogP contribution in [0.1, 0.15) is 12.0 Å². The van der Waals surface area contributed by atoms with E-state index in [1.807, 2.05) is 43.3 Å². The second-order valence-electron chi connectivity index (χ2n) is 4.19. The van der Waals surface area contributed by atoms with Crippen LogP contribution in [-0.2, 0) is 0 Å². The Morgan fingerprint density at radius 3 is 2.68 bits per heavy atom. The first-order chi connectivity index (χ1) is 9.22. The van der Waals surface area contributed by atoms with Crippen LogP contribution in [0.15, 0.2) is 47.1 Å². The van der Waals surface area contributed by atoms with Crippen molar-refractivity contribution in [3.05, 3.63) is 52.6 Å². The van der Waals surface area contributed by atoms with Gasteiger partial charge in [0, 0.05) is 22.9 Å². The van der Waals surface area contributed by atoms with Crippen molar-refractivity contribution in [3.63, 3.8) is 0 Å². The lowest BCUT2D eigenvalue weighted by molar-refractivity contribution is 0.924. The first-order valence-electron chi connectivity index (χ1n) is 6.04. The second-order valence-corrected chi connectivity index (χ2v) is 5.04. The lowest BCUT2D eigenvalue weighted by Gasteiger charge is -2.23. The number of aromatic nitrogens is 1. The highest BCUT2D eigenvalue weighted by atomic mass is 79.9. The van der Waals surface area contributed by atoms with E-state index in [1.165, 1.54) is 0 Å². The lowest BCUT2D eigenvalue weighted by Crippen LogP contribution is -2.19. The van der Waals surface area contributed by atoms with E-state index >= 15 is 0 Å². The molecule has 0 radical (unpaired) electrons. The van der Waals surface area contributed by atoms with Crippen LogP contribution < -0.4 is 4.90 Å². The molecule has 0 aliphatic heterocycles. The number of nitriles is 1. The van der Waals surface area contributed by atoms with Crippen molar-refractivity contribution in [2.24, 2.45) is 0 Å². The van der Waals surface area contributed by atoms with Crippen LogP contribution in [0.5, 0.6) is 0 Å². The van der Waals surface area contributed by atoms with Crippen molar-refractivity contribution < 1.29 is 0 Å². The third-order valence-electron chi connectivity index (χ3n) is 2.82. The maximum absolute atomic E-state index is 8.80. The van der Waals surface area contributed by atoms with E-state index in [0.717, 1.165) is 21.5 Å². The summed E-state index contributed by atoms with van der Waals surface area (Å²) in [6.07, 6.45) is 2.26. The van der Waals surface area contributed by atoms with Crippen molar-refractivity contribution in [1.29, 1.82) is 5.26 Å². The molecule has 1 aromatic carbocycles. The number of pyridine rings is 1. The molecule has 96 valence electrons. The Kier molecular flexibility index (Phi) is 4.53. The summed E-state index contributed by atoms with van der Waals surface area (Å²) < 4.78 is 0.990. The van der Waals surface area contributed by atoms with Gasteiger partial charge in [-0.15, -0.1) is 0 Å². The summed E-state index contributed by atoms with van der Waals surface area (Å²) in [4.78, 5) is 6.50. The Labute approximate surface area is 121 Å². The van der Waals surface area contributed by atoms with Gasteiger partial charge in [0.15, 0.2) is 0 Å². The molecule has 0 aliphatic carbocycles. The fraction of sp³-hybridized carbons (Fsp3) is 0.200. The van der Waals surface area contributed by atoms with E-state index in [-0.39, 0.29) is 0 Å². The van der Waals surface area contributed by atoms with Gasteiger partial charge in [-0.2, -0.15) is 5.26 Å². The van der Waals surface area contributed by atoms with Gasteiger partial charge >= 0.3 is 0 Å². The minimum atomic E-state index is 0.464. The van der Waals surface area contributed by atoms with Gasteiger partial charge in [0.2, 0.25) is 0 Å². The molecule has 0 saturated carbocycles. The summed E-state index contributed by atoms with van der Waals surface area (Å²) in [7, 11) is 0. The maximum Gasteiger partial charge on any atom is 0.133 e. The van der Waals surface area contributed by atoms with E-state index in [4.69, 9.17) is 5.26 Å². The van der Waals surface area contributed by atoms with Gasteiger partial charge in [0.05, 0.1) is 12.5 Å². The Bertz CT molecular complexity index is 590. The SMILES string of the molecule is Cc1cc(N(CCC#N)c2ccccc2)ncc1Br. The molecule has 2 rings (SSSR count). The van der Waals surface area contributed by atoms with Gasteiger partial charge in [-0.1, -0.05) is 18.2 Å². The molecule has 0 atom stereocenters. The van der Waals surface area contributed by atoms with Crippen LogP contribution in [0.2, 0.25) is 0 Å². The minimum absolute atomic E-state index is 0.464. The number of para-hydroxylation sites is 1. The average Bonchev–Trinajstić information content (AvgIpc) is 2.44. The molecule has 0 saturated heterocycles. The molecule has 19 heavy (non-hydrogen) atoms. The molecule has 4 heteroatoms. The van der Waals surface area contributed by atoms with Gasteiger partial charge in [-0.25, -0.2) is 4.98 Å². The lowest BCUT2D eigenvalue weighted by atomic mass is 10.2. The molecule has 3 nitrogen and oxygen atoms in total. The van der Waals surface area contributed by atoms with Crippen molar-refractivity contribution in [1.82, 2.24) is 4.98 Å². The third kappa shape index (κ3) is 3.33. The largest absolute Gasteiger partial charge is 0.325 e. The number of rotatable bonds is 4. The summed E-state index contributed by atoms with van der Waals surface area (Å²) in [5, 5.41) is 8.80. The van der Waals surface area contributed by atoms with E-state index < -0.39 is 0 Å². The topological polar surface area (TPSA) is 39.9 Å². The molecule has 0 amide bonds. The first-order valence-corrected chi connectivity index (χ1v) is 6.83. The van der Waals surface area contributed by atoms with Crippen LogP contribution in [0.4, 0.5) is 11.5 Å². The van der Waals surface area contributed by atoms with E-state index in [9.17, 15) is 0 Å². The van der Waals surface area contributed by atoms with Crippen molar-refractivity contribution >= 4 is 27.4 Å². The highest BCUT2D eigenvalue weighted by Crippen LogP contribution is 2.26. The van der Waals surface area contributed by atoms with Gasteiger partial charge in [-0.3, -0.25) is 0 Å². The normalized spacial score (nSPS) is 9.95. The minimum Gasteiger partial charge on any atom is -0.325 e. The molecular weight excluding hydrogens is 302 g/mol. The monoisotopic (exact) mass is 315 g/mol. The average molecular weight is 316 g/mol. The molecule has 0 fully saturated rings. The molecule has 2 aromatic rings. The number of hydrogen-bond acceptors (Lipinski definition) is 3. The van der Waals surface area contributed by atoms with E-state index in [2.05, 4.69) is 31.9 Å². The van der Waals surface area contributed by atoms with Gasteiger partial charge in [0.25, 0.3) is 0 Å². The van der Waals surface area contributed by atoms with Crippen LogP contribution in [-0.4, -0.2) is 11.5 Å². The van der Waals surface area contributed by atoms with Crippen LogP contribution in [0, 0.1) is 18.3 Å². The van der Waals surface area contributed by atoms with Gasteiger partial charge in [-0.05, 0) is 46.6 Å². The molecule has 0 unspecified atom stereocenters. The molecular formula is C15H14BrN3. The second kappa shape index (κ2) is 6.35. The summed E-state index contributed by atoms with van der Waals surface area (Å²) in [6, 6.07) is 14.2. The highest BCUT2D eigenvalue weighted by Gasteiger charge is 2.11. The van der Waals surface area contributed by atoms with Gasteiger partial charge in [0.1, 0.15) is 5.82 Å². The number of hydrogen-bond donors (Lipinski definition) is 0. The summed E-state index contributed by atoms with van der Waals surface area (Å²) in [5.41, 5.74) is 2.18. The summed E-state index contributed by atoms with van der Waals surface area (Å²) in [5.74, 6) is 0.863. The summed E-state index contributed by atoms with van der Waals surface area (Å²) >= 11 is 3.45. The quantitative estimate of drug-likeness (QED) is 0.848. The predicted molar refractivity (Wildman–Crippen MR) is 80.4 cm³/mol. The molecule has 1 heterocycles. The third-order valence-corrected chi connectivity index (χ3v) is 3.65. The van der Waals surface area contributed by atoms with Crippen LogP contribution in [0.3, 0.4) is 0 Å². The Morgan fingerprint density at radius 2 is 2.05 bits per heavy atom. The highest BCUT2D eigenvalue weighted by molar-refractivity contribution is 9.10. The maximum atomic E-state index is 8.80. The molecule has 0 aliphatic rings. The summed E-state index contributed by atoms with van der Waals surface area (Å²) in [6.45, 7) is 2.66. The van der Waals surface area contributed by atoms with E-state index in [1.54, 1.807) is 6.20 Å². The zero-order valence-corrected chi connectivity index (χ0v) is 12.3. The van der Waals surface area contributed by atoms with Gasteiger partial charge < -0.3 is 4.90 Å². The number of benzene rings is 1. The molecule has 0 N–H and O–H groups in total. The van der Waals surface area contributed by atoms with Crippen molar-refractivity contribution in [2.45, 2.75) is 13.3 Å². The number of anilines is 2. The fourth-order valence-electron chi connectivity index (χ4n) is 1.82. The Hall–Kier alpha value is -1.86. The van der Waals surface area contributed by atoms with Crippen LogP contribution >= 0.6 is 15.9 Å². The van der Waals surface area contributed by atoms with Crippen molar-refractivity contribution in [3.8, 4) is 6.07 Å². The zero-order valence-electron chi connectivity index (χ0n) is 10.7. The number of halogens is 1. The Balaban J connectivity index is 2.37.